The number of ether oxygens (including phenoxy) is 3. The summed E-state index contributed by atoms with van der Waals surface area (Å²) in [4.78, 5) is 37.6. The molecule has 13 heterocycles. The molecule has 10 aromatic rings. The molecule has 0 saturated carbocycles. The van der Waals surface area contributed by atoms with Gasteiger partial charge in [0.25, 0.3) is 0 Å². The van der Waals surface area contributed by atoms with Crippen LogP contribution >= 0.6 is 39.1 Å². The van der Waals surface area contributed by atoms with E-state index in [-0.39, 0.29) is 5.28 Å². The van der Waals surface area contributed by atoms with Crippen molar-refractivity contribution in [2.24, 2.45) is 0 Å². The number of nitrogen functional groups attached to an aromatic ring is 1. The van der Waals surface area contributed by atoms with Crippen LogP contribution in [0.15, 0.2) is 74.4 Å². The zero-order valence-electron chi connectivity index (χ0n) is 41.3. The Kier molecular flexibility index (Phi) is 16.7. The van der Waals surface area contributed by atoms with Crippen molar-refractivity contribution in [3.8, 4) is 0 Å². The topological polar surface area (TPSA) is 229 Å². The maximum absolute atomic E-state index is 5.88. The van der Waals surface area contributed by atoms with Gasteiger partial charge in [-0.3, -0.25) is 0 Å². The van der Waals surface area contributed by atoms with E-state index in [0.717, 1.165) is 143 Å². The quantitative estimate of drug-likeness (QED) is 0.110. The van der Waals surface area contributed by atoms with Crippen molar-refractivity contribution >= 4 is 101 Å². The molecule has 382 valence electrons. The first-order valence-electron chi connectivity index (χ1n) is 24.2. The lowest BCUT2D eigenvalue weighted by molar-refractivity contribution is 0.0704. The van der Waals surface area contributed by atoms with Crippen molar-refractivity contribution in [1.29, 1.82) is 0 Å². The average Bonchev–Trinajstić information content (AvgIpc) is 4.25. The monoisotopic (exact) mass is 1090 g/mol. The minimum Gasteiger partial charge on any atom is -0.397 e. The third-order valence-corrected chi connectivity index (χ3v) is 14.3. The first-order chi connectivity index (χ1) is 35.4. The van der Waals surface area contributed by atoms with Crippen LogP contribution in [0.4, 0.5) is 17.3 Å². The second-order valence-electron chi connectivity index (χ2n) is 18.1. The van der Waals surface area contributed by atoms with E-state index in [4.69, 9.17) is 48.1 Å². The summed E-state index contributed by atoms with van der Waals surface area (Å²) in [6.07, 6.45) is 24.8. The highest BCUT2D eigenvalue weighted by Crippen LogP contribution is 2.31. The summed E-state index contributed by atoms with van der Waals surface area (Å²) in [7, 11) is 0. The third kappa shape index (κ3) is 12.5. The highest BCUT2D eigenvalue weighted by Gasteiger charge is 2.21. The number of H-pyrrole nitrogens is 1. The lowest BCUT2D eigenvalue weighted by atomic mass is 10.1. The zero-order valence-corrected chi connectivity index (χ0v) is 44.4. The number of pyridine rings is 2. The number of alkyl halides is 1. The number of aromatic amines is 1. The molecule has 23 heteroatoms. The van der Waals surface area contributed by atoms with Crippen LogP contribution in [0.25, 0.3) is 44.4 Å². The van der Waals surface area contributed by atoms with Crippen LogP contribution in [0.1, 0.15) is 78.4 Å². The Bertz CT molecular complexity index is 3410. The Labute approximate surface area is 439 Å². The van der Waals surface area contributed by atoms with Gasteiger partial charge in [-0.2, -0.15) is 25.1 Å². The van der Waals surface area contributed by atoms with Crippen molar-refractivity contribution in [2.75, 3.05) is 50.7 Å². The first-order valence-corrected chi connectivity index (χ1v) is 25.9. The molecular weight excluding hydrogens is 1040 g/mol. The number of nitrogens with two attached hydrogens (primary N) is 1. The number of halogens is 3. The van der Waals surface area contributed by atoms with Gasteiger partial charge in [-0.25, -0.2) is 34.0 Å². The molecule has 20 nitrogen and oxygen atoms in total. The first kappa shape index (κ1) is 51.5. The van der Waals surface area contributed by atoms with Gasteiger partial charge in [0.15, 0.2) is 11.3 Å². The molecule has 3 aliphatic heterocycles. The number of rotatable bonds is 4. The molecule has 13 rings (SSSR count). The molecule has 3 fully saturated rings. The van der Waals surface area contributed by atoms with Gasteiger partial charge in [0.2, 0.25) is 16.5 Å². The van der Waals surface area contributed by atoms with Crippen LogP contribution in [0.2, 0.25) is 10.6 Å². The lowest BCUT2D eigenvalue weighted by Crippen LogP contribution is -2.19. The number of aryl methyl sites for hydroxylation is 5. The number of nitrogens with zero attached hydrogens (tertiary/aromatic N) is 14. The summed E-state index contributed by atoms with van der Waals surface area (Å²) in [5.74, 6) is 0.580. The predicted octanol–water partition coefficient (Wildman–Crippen LogP) is 10.0. The number of aromatic nitrogens is 15. The molecule has 0 aliphatic carbocycles. The molecule has 4 N–H and O–H groups in total. The largest absolute Gasteiger partial charge is 0.397 e. The smallest absolute Gasteiger partial charge is 0.229 e. The Morgan fingerprint density at radius 3 is 1.67 bits per heavy atom. The van der Waals surface area contributed by atoms with Gasteiger partial charge in [-0.15, -0.1) is 0 Å². The highest BCUT2D eigenvalue weighted by molar-refractivity contribution is 9.09. The maximum Gasteiger partial charge on any atom is 0.229 e. The summed E-state index contributed by atoms with van der Waals surface area (Å²) in [5.41, 5.74) is 17.3. The van der Waals surface area contributed by atoms with Crippen molar-refractivity contribution in [3.63, 3.8) is 0 Å². The molecule has 0 spiro atoms. The second kappa shape index (κ2) is 23.7. The Balaban J connectivity index is 0.000000122. The van der Waals surface area contributed by atoms with Crippen molar-refractivity contribution < 1.29 is 14.2 Å². The molecule has 0 aromatic carbocycles. The fourth-order valence-electron chi connectivity index (χ4n) is 8.76. The summed E-state index contributed by atoms with van der Waals surface area (Å²) in [5, 5.41) is 15.3. The normalized spacial score (nSPS) is 15.6. The molecule has 3 saturated heterocycles. The number of fused-ring (bicyclic) bond motifs is 5. The van der Waals surface area contributed by atoms with Crippen molar-refractivity contribution in [3.05, 3.63) is 113 Å². The fraction of sp³-hybridized carbons (Fsp3) is 0.400. The maximum atomic E-state index is 5.88. The van der Waals surface area contributed by atoms with Gasteiger partial charge >= 0.3 is 0 Å². The van der Waals surface area contributed by atoms with E-state index in [2.05, 4.69) is 107 Å². The van der Waals surface area contributed by atoms with Crippen LogP contribution < -0.4 is 11.1 Å². The highest BCUT2D eigenvalue weighted by atomic mass is 79.9. The van der Waals surface area contributed by atoms with Gasteiger partial charge in [-0.1, -0.05) is 15.9 Å². The van der Waals surface area contributed by atoms with Gasteiger partial charge in [0.1, 0.15) is 29.6 Å². The average molecular weight is 1100 g/mol. The Morgan fingerprint density at radius 2 is 1.10 bits per heavy atom. The standard InChI is InChI=1S/C19H21N7O.C12H14ClN3O.C7H6ClN3.C7H8N4.C5H9BrO/c1-12-7-17-21-11-22-26(17)10-16(12)23-19-20-8-15-13(2)9-25(18(15)24-19)14-3-5-27-6-4-14;1-8-7-16(9-2-4-17-5-3-9)11-10(8)6-14-12(13)15-11;1-4-2-9-6-5(4)3-10-7(8)11-6;1-5-2-7-9-4-10-11(7)3-6(5)8;6-5-1-3-7-4-2-5/h7-11,14H,3-6H2,1-2H3,(H,20,23,24);6-7,9H,2-5H2,1H3;2-3H,1H3,(H,9,10,11);2-4H,8H2,1H3;5H,1-4H2. The minimum absolute atomic E-state index is 0.277. The zero-order chi connectivity index (χ0) is 51.0. The third-order valence-electron chi connectivity index (χ3n) is 13.0. The van der Waals surface area contributed by atoms with E-state index < -0.39 is 0 Å². The Morgan fingerprint density at radius 1 is 0.589 bits per heavy atom. The molecule has 0 unspecified atom stereocenters. The molecule has 0 radical (unpaired) electrons. The number of anilines is 3. The number of hydrogen-bond acceptors (Lipinski definition) is 15. The predicted molar refractivity (Wildman–Crippen MR) is 287 cm³/mol. The van der Waals surface area contributed by atoms with Gasteiger partial charge in [0, 0.05) is 110 Å². The Hall–Kier alpha value is -6.36. The summed E-state index contributed by atoms with van der Waals surface area (Å²) >= 11 is 15.0. The van der Waals surface area contributed by atoms with Crippen LogP contribution in [-0.4, -0.2) is 118 Å². The van der Waals surface area contributed by atoms with Crippen LogP contribution in [0, 0.1) is 34.6 Å². The second-order valence-corrected chi connectivity index (χ2v) is 20.1. The van der Waals surface area contributed by atoms with Crippen molar-refractivity contribution in [2.45, 2.75) is 90.1 Å². The molecule has 0 bridgehead atoms. The van der Waals surface area contributed by atoms with E-state index in [9.17, 15) is 0 Å². The molecule has 3 aliphatic rings. The van der Waals surface area contributed by atoms with Gasteiger partial charge < -0.3 is 39.4 Å². The van der Waals surface area contributed by atoms with E-state index in [1.54, 1.807) is 33.9 Å². The van der Waals surface area contributed by atoms with E-state index in [1.807, 2.05) is 51.5 Å². The summed E-state index contributed by atoms with van der Waals surface area (Å²) in [6, 6.07) is 4.78. The van der Waals surface area contributed by atoms with E-state index in [0.29, 0.717) is 23.3 Å². The summed E-state index contributed by atoms with van der Waals surface area (Å²) < 4.78 is 23.9. The lowest BCUT2D eigenvalue weighted by Gasteiger charge is -2.24. The van der Waals surface area contributed by atoms with Crippen LogP contribution in [0.5, 0.6) is 0 Å². The molecule has 10 aromatic heterocycles. The van der Waals surface area contributed by atoms with Crippen molar-refractivity contribution in [1.82, 2.24) is 73.2 Å². The molecular formula is C50H58BrCl2N17O3. The molecule has 0 atom stereocenters. The van der Waals surface area contributed by atoms with Gasteiger partial charge in [-0.05, 0) is 136 Å². The minimum atomic E-state index is 0.277. The number of hydrogen-bond donors (Lipinski definition) is 3. The summed E-state index contributed by atoms with van der Waals surface area (Å²) in [6.45, 7) is 15.3. The SMILES string of the molecule is BrC1CCOCC1.Cc1c[nH]c2nc(Cl)ncc12.Cc1cc2ncnn2cc1N.Cc1cc2ncnn2cc1Nc1ncc2c(C)cn(C3CCOCC3)c2n1.Cc1cn(C2CCOCC2)c2nc(Cl)ncc12. The van der Waals surface area contributed by atoms with E-state index in [1.165, 1.54) is 30.3 Å². The van der Waals surface area contributed by atoms with Crippen LogP contribution in [0.3, 0.4) is 0 Å². The fourth-order valence-corrected chi connectivity index (χ4v) is 9.40. The number of nitrogens with one attached hydrogen (secondary N) is 2. The van der Waals surface area contributed by atoms with Gasteiger partial charge in [0.05, 0.1) is 23.8 Å². The van der Waals surface area contributed by atoms with Crippen LogP contribution in [-0.2, 0) is 14.2 Å². The van der Waals surface area contributed by atoms with E-state index >= 15 is 0 Å². The molecule has 73 heavy (non-hydrogen) atoms. The molecule has 0 amide bonds.